The van der Waals surface area contributed by atoms with Crippen LogP contribution in [0.15, 0.2) is 29.2 Å². The molecule has 0 unspecified atom stereocenters. The van der Waals surface area contributed by atoms with Gasteiger partial charge in [0.05, 0.1) is 41.5 Å². The second-order valence-corrected chi connectivity index (χ2v) is 12.1. The molecule has 8 nitrogen and oxygen atoms in total. The highest BCUT2D eigenvalue weighted by Crippen LogP contribution is 2.36. The molecule has 162 valence electrons. The van der Waals surface area contributed by atoms with Gasteiger partial charge in [-0.05, 0) is 31.2 Å². The van der Waals surface area contributed by atoms with E-state index in [2.05, 4.69) is 0 Å². The third kappa shape index (κ3) is 4.18. The Balaban J connectivity index is 1.55. The maximum absolute atomic E-state index is 13.3. The first-order valence-electron chi connectivity index (χ1n) is 9.94. The molecule has 2 atom stereocenters. The number of benzene rings is 1. The molecule has 10 heteroatoms. The van der Waals surface area contributed by atoms with E-state index in [9.17, 15) is 16.8 Å². The van der Waals surface area contributed by atoms with Crippen LogP contribution in [0.3, 0.4) is 0 Å². The molecule has 29 heavy (non-hydrogen) atoms. The van der Waals surface area contributed by atoms with E-state index in [1.165, 1.54) is 12.1 Å². The van der Waals surface area contributed by atoms with Gasteiger partial charge in [0.25, 0.3) is 0 Å². The largest absolute Gasteiger partial charge is 0.494 e. The van der Waals surface area contributed by atoms with Crippen molar-refractivity contribution in [1.82, 2.24) is 4.90 Å². The highest BCUT2D eigenvalue weighted by atomic mass is 32.2. The quantitative estimate of drug-likeness (QED) is 0.658. The fraction of sp³-hybridized carbons (Fsp3) is 0.684. The van der Waals surface area contributed by atoms with Crippen LogP contribution in [0.25, 0.3) is 0 Å². The maximum atomic E-state index is 13.3. The number of hydrogen-bond donors (Lipinski definition) is 0. The van der Waals surface area contributed by atoms with Crippen molar-refractivity contribution in [2.45, 2.75) is 41.7 Å². The Labute approximate surface area is 172 Å². The summed E-state index contributed by atoms with van der Waals surface area (Å²) in [6, 6.07) is 5.64. The van der Waals surface area contributed by atoms with Crippen molar-refractivity contribution in [3.8, 4) is 5.75 Å². The summed E-state index contributed by atoms with van der Waals surface area (Å²) in [6.45, 7) is 4.56. The Morgan fingerprint density at radius 2 is 1.72 bits per heavy atom. The Morgan fingerprint density at radius 1 is 1.10 bits per heavy atom. The minimum absolute atomic E-state index is 0.129. The molecule has 0 amide bonds. The highest BCUT2D eigenvalue weighted by Gasteiger charge is 2.50. The van der Waals surface area contributed by atoms with Crippen LogP contribution >= 0.6 is 0 Å². The van der Waals surface area contributed by atoms with E-state index in [0.29, 0.717) is 51.5 Å². The fourth-order valence-corrected chi connectivity index (χ4v) is 9.31. The van der Waals surface area contributed by atoms with E-state index in [1.807, 2.05) is 11.8 Å². The van der Waals surface area contributed by atoms with E-state index in [4.69, 9.17) is 14.2 Å². The first-order chi connectivity index (χ1) is 13.7. The lowest BCUT2D eigenvalue weighted by Crippen LogP contribution is -2.53. The Hall–Kier alpha value is -1.20. The van der Waals surface area contributed by atoms with Crippen molar-refractivity contribution in [2.24, 2.45) is 0 Å². The predicted octanol–water partition coefficient (Wildman–Crippen LogP) is 0.864. The number of hydrogen-bond acceptors (Lipinski definition) is 8. The molecular weight excluding hydrogens is 418 g/mol. The normalized spacial score (nSPS) is 29.3. The molecule has 0 radical (unpaired) electrons. The van der Waals surface area contributed by atoms with E-state index in [0.717, 1.165) is 0 Å². The van der Waals surface area contributed by atoms with Crippen molar-refractivity contribution in [2.75, 3.05) is 44.4 Å². The number of likely N-dealkylation sites (tertiary alicyclic amines) is 1. The third-order valence-electron chi connectivity index (χ3n) is 5.98. The molecule has 0 aromatic heterocycles. The molecule has 0 bridgehead atoms. The maximum Gasteiger partial charge on any atom is 0.183 e. The molecule has 0 N–H and O–H groups in total. The van der Waals surface area contributed by atoms with E-state index >= 15 is 0 Å². The molecule has 3 fully saturated rings. The average Bonchev–Trinajstić information content (AvgIpc) is 3.27. The van der Waals surface area contributed by atoms with Crippen LogP contribution in [0.5, 0.6) is 5.75 Å². The lowest BCUT2D eigenvalue weighted by Gasteiger charge is -2.41. The van der Waals surface area contributed by atoms with Gasteiger partial charge in [0.2, 0.25) is 0 Å². The van der Waals surface area contributed by atoms with Gasteiger partial charge in [-0.15, -0.1) is 0 Å². The van der Waals surface area contributed by atoms with Crippen molar-refractivity contribution < 1.29 is 31.0 Å². The van der Waals surface area contributed by atoms with Gasteiger partial charge < -0.3 is 14.2 Å². The number of sulfone groups is 2. The van der Waals surface area contributed by atoms with Crippen molar-refractivity contribution >= 4 is 19.7 Å². The number of rotatable bonds is 5. The predicted molar refractivity (Wildman–Crippen MR) is 106 cm³/mol. The summed E-state index contributed by atoms with van der Waals surface area (Å²) >= 11 is 0. The number of piperidine rings is 1. The zero-order valence-corrected chi connectivity index (χ0v) is 18.1. The van der Waals surface area contributed by atoms with Crippen molar-refractivity contribution in [3.05, 3.63) is 24.3 Å². The van der Waals surface area contributed by atoms with Crippen LogP contribution in [-0.4, -0.2) is 83.2 Å². The zero-order valence-electron chi connectivity index (χ0n) is 16.4. The Bertz CT molecular complexity index is 927. The van der Waals surface area contributed by atoms with Gasteiger partial charge >= 0.3 is 0 Å². The first-order valence-corrected chi connectivity index (χ1v) is 13.3. The van der Waals surface area contributed by atoms with Gasteiger partial charge in [-0.2, -0.15) is 0 Å². The molecule has 0 saturated carbocycles. The first kappa shape index (κ1) is 21.0. The molecule has 3 heterocycles. The molecule has 3 aliphatic heterocycles. The van der Waals surface area contributed by atoms with Gasteiger partial charge in [-0.1, -0.05) is 0 Å². The Morgan fingerprint density at radius 3 is 2.31 bits per heavy atom. The summed E-state index contributed by atoms with van der Waals surface area (Å²) in [5, 5.41) is -0.982. The lowest BCUT2D eigenvalue weighted by molar-refractivity contribution is -0.187. The van der Waals surface area contributed by atoms with Crippen LogP contribution in [0.4, 0.5) is 0 Å². The SMILES string of the molecule is CCOc1ccc(S(=O)(=O)[C@H]2CS(=O)(=O)C[C@@H]2N2CCC3(CC2)OCCO3)cc1. The smallest absolute Gasteiger partial charge is 0.183 e. The minimum atomic E-state index is -3.81. The summed E-state index contributed by atoms with van der Waals surface area (Å²) in [7, 11) is -7.24. The third-order valence-corrected chi connectivity index (χ3v) is 10.1. The minimum Gasteiger partial charge on any atom is -0.494 e. The number of nitrogens with zero attached hydrogens (tertiary/aromatic N) is 1. The zero-order chi connectivity index (χ0) is 20.7. The molecule has 0 aliphatic carbocycles. The average molecular weight is 446 g/mol. The summed E-state index contributed by atoms with van der Waals surface area (Å²) in [5.41, 5.74) is 0. The summed E-state index contributed by atoms with van der Waals surface area (Å²) < 4.78 is 68.3. The summed E-state index contributed by atoms with van der Waals surface area (Å²) in [6.07, 6.45) is 1.22. The molecule has 3 aliphatic rings. The van der Waals surface area contributed by atoms with Crippen LogP contribution in [0.1, 0.15) is 19.8 Å². The van der Waals surface area contributed by atoms with E-state index < -0.39 is 36.8 Å². The van der Waals surface area contributed by atoms with Gasteiger partial charge in [-0.25, -0.2) is 16.8 Å². The molecule has 1 spiro atoms. The highest BCUT2D eigenvalue weighted by molar-refractivity contribution is 7.96. The molecule has 1 aromatic carbocycles. The Kier molecular flexibility index (Phi) is 5.67. The lowest BCUT2D eigenvalue weighted by atomic mass is 10.0. The molecular formula is C19H27NO7S2. The van der Waals surface area contributed by atoms with Gasteiger partial charge in [0.15, 0.2) is 25.5 Å². The molecule has 4 rings (SSSR count). The fourth-order valence-electron chi connectivity index (χ4n) is 4.48. The summed E-state index contributed by atoms with van der Waals surface area (Å²) in [4.78, 5) is 2.11. The van der Waals surface area contributed by atoms with E-state index in [-0.39, 0.29) is 16.4 Å². The van der Waals surface area contributed by atoms with Gasteiger partial charge in [0.1, 0.15) is 5.75 Å². The van der Waals surface area contributed by atoms with Crippen LogP contribution in [0, 0.1) is 0 Å². The van der Waals surface area contributed by atoms with Crippen LogP contribution < -0.4 is 4.74 Å². The van der Waals surface area contributed by atoms with E-state index in [1.54, 1.807) is 12.1 Å². The number of ether oxygens (including phenoxy) is 3. The van der Waals surface area contributed by atoms with Crippen LogP contribution in [0.2, 0.25) is 0 Å². The van der Waals surface area contributed by atoms with Crippen molar-refractivity contribution in [3.63, 3.8) is 0 Å². The molecule has 1 aromatic rings. The molecule has 3 saturated heterocycles. The van der Waals surface area contributed by atoms with Crippen molar-refractivity contribution in [1.29, 1.82) is 0 Å². The monoisotopic (exact) mass is 445 g/mol. The topological polar surface area (TPSA) is 99.2 Å². The van der Waals surface area contributed by atoms with Gasteiger partial charge in [-0.3, -0.25) is 4.90 Å². The van der Waals surface area contributed by atoms with Gasteiger partial charge in [0, 0.05) is 32.0 Å². The standard InChI is InChI=1S/C19H27NO7S2/c1-2-25-15-3-5-16(6-4-15)29(23,24)18-14-28(21,22)13-17(18)20-9-7-19(8-10-20)26-11-12-27-19/h3-6,17-18H,2,7-14H2,1H3/t17-,18-/m0/s1. The van der Waals surface area contributed by atoms with Crippen LogP contribution in [-0.2, 0) is 29.1 Å². The second-order valence-electron chi connectivity index (χ2n) is 7.78. The summed E-state index contributed by atoms with van der Waals surface area (Å²) in [5.74, 6) is -0.484. The second kappa shape index (κ2) is 7.81.